The molecular formula is C15H24N2O. The maximum atomic E-state index is 9.60. The highest BCUT2D eigenvalue weighted by Crippen LogP contribution is 2.27. The lowest BCUT2D eigenvalue weighted by Gasteiger charge is -2.38. The van der Waals surface area contributed by atoms with E-state index in [1.807, 2.05) is 0 Å². The molecule has 2 unspecified atom stereocenters. The Morgan fingerprint density at radius 2 is 2.00 bits per heavy atom. The number of benzene rings is 1. The van der Waals surface area contributed by atoms with Gasteiger partial charge in [0.15, 0.2) is 0 Å². The summed E-state index contributed by atoms with van der Waals surface area (Å²) in [6.45, 7) is 6.04. The van der Waals surface area contributed by atoms with Crippen molar-refractivity contribution in [3.8, 4) is 0 Å². The van der Waals surface area contributed by atoms with Gasteiger partial charge in [0, 0.05) is 25.2 Å². The highest BCUT2D eigenvalue weighted by Gasteiger charge is 2.27. The van der Waals surface area contributed by atoms with Crippen molar-refractivity contribution in [2.24, 2.45) is 5.73 Å². The minimum atomic E-state index is -0.132. The topological polar surface area (TPSA) is 49.5 Å². The highest BCUT2D eigenvalue weighted by molar-refractivity contribution is 5.26. The molecule has 1 fully saturated rings. The fourth-order valence-corrected chi connectivity index (χ4v) is 2.87. The van der Waals surface area contributed by atoms with Gasteiger partial charge in [-0.1, -0.05) is 29.8 Å². The standard InChI is InChI=1S/C15H24N2O/c1-11-4-3-5-13(10-11)15(12(2)16)17-8-6-14(18)7-9-17/h3-5,10,12,14-15,18H,6-9,16H2,1-2H3. The molecule has 0 saturated carbocycles. The first-order valence-corrected chi connectivity index (χ1v) is 6.82. The molecule has 0 amide bonds. The number of aliphatic hydroxyl groups is 1. The molecule has 3 nitrogen and oxygen atoms in total. The van der Waals surface area contributed by atoms with Crippen LogP contribution in [0.25, 0.3) is 0 Å². The molecule has 2 rings (SSSR count). The lowest BCUT2D eigenvalue weighted by Crippen LogP contribution is -2.44. The zero-order chi connectivity index (χ0) is 13.1. The SMILES string of the molecule is Cc1cccc(C(C(C)N)N2CCC(O)CC2)c1. The van der Waals surface area contributed by atoms with Gasteiger partial charge in [-0.05, 0) is 32.3 Å². The largest absolute Gasteiger partial charge is 0.393 e. The molecule has 2 atom stereocenters. The smallest absolute Gasteiger partial charge is 0.0564 e. The Balaban J connectivity index is 2.18. The first kappa shape index (κ1) is 13.5. The maximum Gasteiger partial charge on any atom is 0.0564 e. The number of hydrogen-bond donors (Lipinski definition) is 2. The van der Waals surface area contributed by atoms with E-state index in [0.29, 0.717) is 0 Å². The van der Waals surface area contributed by atoms with E-state index >= 15 is 0 Å². The van der Waals surface area contributed by atoms with Crippen molar-refractivity contribution in [2.75, 3.05) is 13.1 Å². The van der Waals surface area contributed by atoms with E-state index in [4.69, 9.17) is 5.73 Å². The van der Waals surface area contributed by atoms with E-state index in [0.717, 1.165) is 25.9 Å². The van der Waals surface area contributed by atoms with E-state index in [2.05, 4.69) is 43.0 Å². The molecule has 0 bridgehead atoms. The predicted molar refractivity (Wildman–Crippen MR) is 74.4 cm³/mol. The third kappa shape index (κ3) is 3.10. The van der Waals surface area contributed by atoms with Gasteiger partial charge < -0.3 is 10.8 Å². The van der Waals surface area contributed by atoms with Gasteiger partial charge in [-0.15, -0.1) is 0 Å². The first-order chi connectivity index (χ1) is 8.58. The Morgan fingerprint density at radius 3 is 2.56 bits per heavy atom. The number of nitrogens with two attached hydrogens (primary N) is 1. The van der Waals surface area contributed by atoms with Gasteiger partial charge in [0.1, 0.15) is 0 Å². The van der Waals surface area contributed by atoms with Crippen LogP contribution in [0.15, 0.2) is 24.3 Å². The van der Waals surface area contributed by atoms with Crippen LogP contribution in [0, 0.1) is 6.92 Å². The van der Waals surface area contributed by atoms with Crippen LogP contribution >= 0.6 is 0 Å². The third-order valence-electron chi connectivity index (χ3n) is 3.77. The van der Waals surface area contributed by atoms with Crippen LogP contribution in [-0.4, -0.2) is 35.2 Å². The molecule has 1 aromatic rings. The third-order valence-corrected chi connectivity index (χ3v) is 3.77. The zero-order valence-corrected chi connectivity index (χ0v) is 11.3. The zero-order valence-electron chi connectivity index (χ0n) is 11.3. The molecule has 18 heavy (non-hydrogen) atoms. The lowest BCUT2D eigenvalue weighted by atomic mass is 9.95. The van der Waals surface area contributed by atoms with Crippen LogP contribution in [-0.2, 0) is 0 Å². The van der Waals surface area contributed by atoms with Gasteiger partial charge in [-0.3, -0.25) is 4.90 Å². The minimum Gasteiger partial charge on any atom is -0.393 e. The first-order valence-electron chi connectivity index (χ1n) is 6.82. The number of nitrogens with zero attached hydrogens (tertiary/aromatic N) is 1. The molecule has 1 aromatic carbocycles. The van der Waals surface area contributed by atoms with Crippen molar-refractivity contribution in [3.05, 3.63) is 35.4 Å². The number of aryl methyl sites for hydroxylation is 1. The Bertz CT molecular complexity index is 384. The minimum absolute atomic E-state index is 0.0991. The molecule has 1 aliphatic heterocycles. The van der Waals surface area contributed by atoms with Crippen LogP contribution < -0.4 is 5.73 Å². The summed E-state index contributed by atoms with van der Waals surface area (Å²) in [5.41, 5.74) is 8.75. The van der Waals surface area contributed by atoms with E-state index < -0.39 is 0 Å². The lowest BCUT2D eigenvalue weighted by molar-refractivity contribution is 0.0548. The van der Waals surface area contributed by atoms with Crippen LogP contribution in [0.5, 0.6) is 0 Å². The summed E-state index contributed by atoms with van der Waals surface area (Å²) in [5.74, 6) is 0. The van der Waals surface area contributed by atoms with Gasteiger partial charge >= 0.3 is 0 Å². The van der Waals surface area contributed by atoms with Crippen molar-refractivity contribution >= 4 is 0 Å². The van der Waals surface area contributed by atoms with Gasteiger partial charge in [0.05, 0.1) is 6.10 Å². The summed E-state index contributed by atoms with van der Waals surface area (Å²) < 4.78 is 0. The van der Waals surface area contributed by atoms with Crippen molar-refractivity contribution < 1.29 is 5.11 Å². The van der Waals surface area contributed by atoms with E-state index in [9.17, 15) is 5.11 Å². The Labute approximate surface area is 110 Å². The fraction of sp³-hybridized carbons (Fsp3) is 0.600. The molecule has 1 saturated heterocycles. The molecule has 0 spiro atoms. The average molecular weight is 248 g/mol. The number of likely N-dealkylation sites (tertiary alicyclic amines) is 1. The van der Waals surface area contributed by atoms with Crippen LogP contribution in [0.1, 0.15) is 36.9 Å². The number of piperidine rings is 1. The normalized spacial score (nSPS) is 21.8. The summed E-state index contributed by atoms with van der Waals surface area (Å²) in [7, 11) is 0. The Morgan fingerprint density at radius 1 is 1.33 bits per heavy atom. The molecule has 100 valence electrons. The van der Waals surface area contributed by atoms with E-state index in [1.54, 1.807) is 0 Å². The van der Waals surface area contributed by atoms with E-state index in [1.165, 1.54) is 11.1 Å². The summed E-state index contributed by atoms with van der Waals surface area (Å²) in [4.78, 5) is 2.41. The summed E-state index contributed by atoms with van der Waals surface area (Å²) in [6, 6.07) is 8.95. The molecule has 1 aliphatic rings. The fourth-order valence-electron chi connectivity index (χ4n) is 2.87. The van der Waals surface area contributed by atoms with Gasteiger partial charge in [-0.25, -0.2) is 0 Å². The number of hydrogen-bond acceptors (Lipinski definition) is 3. The van der Waals surface area contributed by atoms with Crippen molar-refractivity contribution in [2.45, 2.75) is 44.9 Å². The summed E-state index contributed by atoms with van der Waals surface area (Å²) in [5, 5.41) is 9.60. The average Bonchev–Trinajstić information content (AvgIpc) is 2.32. The molecule has 3 heteroatoms. The van der Waals surface area contributed by atoms with Crippen LogP contribution in [0.4, 0.5) is 0 Å². The molecule has 0 aliphatic carbocycles. The van der Waals surface area contributed by atoms with Crippen LogP contribution in [0.3, 0.4) is 0 Å². The van der Waals surface area contributed by atoms with Gasteiger partial charge in [0.2, 0.25) is 0 Å². The quantitative estimate of drug-likeness (QED) is 0.858. The van der Waals surface area contributed by atoms with Crippen molar-refractivity contribution in [1.29, 1.82) is 0 Å². The summed E-state index contributed by atoms with van der Waals surface area (Å²) in [6.07, 6.45) is 1.58. The monoisotopic (exact) mass is 248 g/mol. The second-order valence-corrected chi connectivity index (χ2v) is 5.49. The molecule has 1 heterocycles. The predicted octanol–water partition coefficient (Wildman–Crippen LogP) is 1.84. The van der Waals surface area contributed by atoms with Gasteiger partial charge in [-0.2, -0.15) is 0 Å². The maximum absolute atomic E-state index is 9.60. The second-order valence-electron chi connectivity index (χ2n) is 5.49. The van der Waals surface area contributed by atoms with Gasteiger partial charge in [0.25, 0.3) is 0 Å². The molecule has 3 N–H and O–H groups in total. The number of rotatable bonds is 3. The highest BCUT2D eigenvalue weighted by atomic mass is 16.3. The molecule has 0 aromatic heterocycles. The summed E-state index contributed by atoms with van der Waals surface area (Å²) >= 11 is 0. The van der Waals surface area contributed by atoms with E-state index in [-0.39, 0.29) is 18.2 Å². The Kier molecular flexibility index (Phi) is 4.38. The second kappa shape index (κ2) is 5.83. The number of aliphatic hydroxyl groups excluding tert-OH is 1. The molecule has 0 radical (unpaired) electrons. The van der Waals surface area contributed by atoms with Crippen molar-refractivity contribution in [3.63, 3.8) is 0 Å². The van der Waals surface area contributed by atoms with Crippen molar-refractivity contribution in [1.82, 2.24) is 4.90 Å². The molecular weight excluding hydrogens is 224 g/mol. The van der Waals surface area contributed by atoms with Crippen LogP contribution in [0.2, 0.25) is 0 Å². The Hall–Kier alpha value is -0.900.